The maximum absolute atomic E-state index is 11.8. The molecule has 104 valence electrons. The van der Waals surface area contributed by atoms with Crippen molar-refractivity contribution in [2.24, 2.45) is 5.92 Å². The summed E-state index contributed by atoms with van der Waals surface area (Å²) >= 11 is 0. The number of hydrogen-bond donors (Lipinski definition) is 2. The van der Waals surface area contributed by atoms with Gasteiger partial charge in [0.05, 0.1) is 0 Å². The molecule has 2 heterocycles. The van der Waals surface area contributed by atoms with Gasteiger partial charge in [-0.25, -0.2) is 0 Å². The Hall–Kier alpha value is -1.69. The predicted octanol–water partition coefficient (Wildman–Crippen LogP) is 1.66. The van der Waals surface area contributed by atoms with Gasteiger partial charge in [-0.1, -0.05) is 13.8 Å². The van der Waals surface area contributed by atoms with Gasteiger partial charge in [-0.15, -0.1) is 10.2 Å². The van der Waals surface area contributed by atoms with Crippen molar-refractivity contribution in [2.75, 3.05) is 23.8 Å². The Morgan fingerprint density at radius 1 is 1.42 bits per heavy atom. The average Bonchev–Trinajstić information content (AvgIpc) is 2.92. The largest absolute Gasteiger partial charge is 0.368 e. The van der Waals surface area contributed by atoms with Crippen LogP contribution < -0.4 is 10.6 Å². The van der Waals surface area contributed by atoms with E-state index in [0.717, 1.165) is 19.4 Å². The van der Waals surface area contributed by atoms with Gasteiger partial charge in [-0.3, -0.25) is 4.79 Å². The van der Waals surface area contributed by atoms with Crippen molar-refractivity contribution in [1.29, 1.82) is 0 Å². The lowest BCUT2D eigenvalue weighted by atomic mass is 10.2. The van der Waals surface area contributed by atoms with E-state index in [-0.39, 0.29) is 12.0 Å². The highest BCUT2D eigenvalue weighted by Crippen LogP contribution is 2.14. The Morgan fingerprint density at radius 2 is 2.16 bits per heavy atom. The lowest BCUT2D eigenvalue weighted by molar-refractivity contribution is -0.124. The molecule has 0 spiro atoms. The summed E-state index contributed by atoms with van der Waals surface area (Å²) in [4.78, 5) is 11.8. The Morgan fingerprint density at radius 3 is 2.74 bits per heavy atom. The first-order chi connectivity index (χ1) is 9.15. The molecule has 19 heavy (non-hydrogen) atoms. The molecule has 2 N–H and O–H groups in total. The van der Waals surface area contributed by atoms with Crippen molar-refractivity contribution in [1.82, 2.24) is 10.2 Å². The van der Waals surface area contributed by atoms with Crippen molar-refractivity contribution >= 4 is 17.5 Å². The van der Waals surface area contributed by atoms with Crippen LogP contribution >= 0.6 is 0 Å². The molecule has 1 saturated heterocycles. The molecular formula is C13H20N4O2. The van der Waals surface area contributed by atoms with Crippen LogP contribution in [0.2, 0.25) is 0 Å². The fraction of sp³-hybridized carbons (Fsp3) is 0.615. The number of aromatic nitrogens is 2. The zero-order chi connectivity index (χ0) is 13.7. The number of carbonyl (C=O) groups excluding carboxylic acids is 1. The third-order valence-corrected chi connectivity index (χ3v) is 2.83. The summed E-state index contributed by atoms with van der Waals surface area (Å²) in [5, 5.41) is 13.9. The average molecular weight is 264 g/mol. The van der Waals surface area contributed by atoms with Gasteiger partial charge in [-0.05, 0) is 30.9 Å². The minimum Gasteiger partial charge on any atom is -0.368 e. The zero-order valence-corrected chi connectivity index (χ0v) is 11.3. The van der Waals surface area contributed by atoms with E-state index in [0.29, 0.717) is 24.2 Å². The zero-order valence-electron chi connectivity index (χ0n) is 11.3. The van der Waals surface area contributed by atoms with Gasteiger partial charge in [0.2, 0.25) is 0 Å². The molecule has 1 aliphatic rings. The first-order valence-electron chi connectivity index (χ1n) is 6.65. The summed E-state index contributed by atoms with van der Waals surface area (Å²) in [5.41, 5.74) is 0. The molecule has 1 aromatic heterocycles. The van der Waals surface area contributed by atoms with Gasteiger partial charge in [0, 0.05) is 13.2 Å². The molecule has 0 bridgehead atoms. The predicted molar refractivity (Wildman–Crippen MR) is 73.0 cm³/mol. The van der Waals surface area contributed by atoms with Gasteiger partial charge in [0.1, 0.15) is 11.9 Å². The van der Waals surface area contributed by atoms with Crippen LogP contribution in [0.25, 0.3) is 0 Å². The molecule has 1 aromatic rings. The van der Waals surface area contributed by atoms with Crippen LogP contribution in [0, 0.1) is 5.92 Å². The smallest absolute Gasteiger partial charge is 0.254 e. The second kappa shape index (κ2) is 6.47. The number of rotatable bonds is 5. The highest BCUT2D eigenvalue weighted by molar-refractivity contribution is 5.93. The first kappa shape index (κ1) is 13.7. The summed E-state index contributed by atoms with van der Waals surface area (Å²) in [6.07, 6.45) is 1.36. The molecule has 0 saturated carbocycles. The van der Waals surface area contributed by atoms with Crippen molar-refractivity contribution < 1.29 is 9.53 Å². The van der Waals surface area contributed by atoms with E-state index in [4.69, 9.17) is 4.74 Å². The Labute approximate surface area is 112 Å². The van der Waals surface area contributed by atoms with Crippen LogP contribution in [0.4, 0.5) is 11.6 Å². The molecule has 0 aromatic carbocycles. The van der Waals surface area contributed by atoms with Crippen LogP contribution in [0.15, 0.2) is 12.1 Å². The molecular weight excluding hydrogens is 244 g/mol. The molecule has 1 amide bonds. The van der Waals surface area contributed by atoms with Crippen LogP contribution in [0.5, 0.6) is 0 Å². The summed E-state index contributed by atoms with van der Waals surface area (Å²) < 4.78 is 5.30. The first-order valence-corrected chi connectivity index (χ1v) is 6.65. The minimum absolute atomic E-state index is 0.144. The van der Waals surface area contributed by atoms with E-state index >= 15 is 0 Å². The second-order valence-corrected chi connectivity index (χ2v) is 5.07. The molecule has 6 heteroatoms. The van der Waals surface area contributed by atoms with Crippen LogP contribution in [0.1, 0.15) is 26.7 Å². The quantitative estimate of drug-likeness (QED) is 0.846. The molecule has 6 nitrogen and oxygen atoms in total. The number of anilines is 2. The number of ether oxygens (including phenoxy) is 1. The number of carbonyl (C=O) groups is 1. The van der Waals surface area contributed by atoms with Gasteiger partial charge in [-0.2, -0.15) is 0 Å². The minimum atomic E-state index is -0.347. The van der Waals surface area contributed by atoms with Gasteiger partial charge < -0.3 is 15.4 Å². The van der Waals surface area contributed by atoms with Crippen molar-refractivity contribution in [3.05, 3.63) is 12.1 Å². The van der Waals surface area contributed by atoms with E-state index in [1.54, 1.807) is 12.1 Å². The third kappa shape index (κ3) is 4.17. The van der Waals surface area contributed by atoms with E-state index < -0.39 is 0 Å². The fourth-order valence-electron chi connectivity index (χ4n) is 1.79. The van der Waals surface area contributed by atoms with Gasteiger partial charge >= 0.3 is 0 Å². The lowest BCUT2D eigenvalue weighted by Gasteiger charge is -2.10. The Balaban J connectivity index is 1.85. The van der Waals surface area contributed by atoms with Crippen molar-refractivity contribution in [3.8, 4) is 0 Å². The van der Waals surface area contributed by atoms with Gasteiger partial charge in [0.15, 0.2) is 5.82 Å². The topological polar surface area (TPSA) is 76.1 Å². The molecule has 0 radical (unpaired) electrons. The van der Waals surface area contributed by atoms with E-state index in [1.807, 2.05) is 0 Å². The van der Waals surface area contributed by atoms with Crippen LogP contribution in [-0.4, -0.2) is 35.4 Å². The van der Waals surface area contributed by atoms with Gasteiger partial charge in [0.25, 0.3) is 5.91 Å². The number of nitrogens with one attached hydrogen (secondary N) is 2. The molecule has 1 fully saturated rings. The van der Waals surface area contributed by atoms with Crippen LogP contribution in [0.3, 0.4) is 0 Å². The van der Waals surface area contributed by atoms with E-state index in [2.05, 4.69) is 34.7 Å². The Kier molecular flexibility index (Phi) is 4.68. The molecule has 2 rings (SSSR count). The standard InChI is InChI=1S/C13H20N4O2/c1-9(2)8-14-11-5-6-12(17-16-11)15-13(18)10-4-3-7-19-10/h5-6,9-10H,3-4,7-8H2,1-2H3,(H,14,16)(H,15,17,18). The monoisotopic (exact) mass is 264 g/mol. The highest BCUT2D eigenvalue weighted by atomic mass is 16.5. The lowest BCUT2D eigenvalue weighted by Crippen LogP contribution is -2.27. The molecule has 1 unspecified atom stereocenters. The summed E-state index contributed by atoms with van der Waals surface area (Å²) in [7, 11) is 0. The van der Waals surface area contributed by atoms with Crippen molar-refractivity contribution in [3.63, 3.8) is 0 Å². The third-order valence-electron chi connectivity index (χ3n) is 2.83. The maximum Gasteiger partial charge on any atom is 0.254 e. The van der Waals surface area contributed by atoms with E-state index in [1.165, 1.54) is 0 Å². The normalized spacial score (nSPS) is 18.6. The number of hydrogen-bond acceptors (Lipinski definition) is 5. The fourth-order valence-corrected chi connectivity index (χ4v) is 1.79. The maximum atomic E-state index is 11.8. The molecule has 1 atom stereocenters. The van der Waals surface area contributed by atoms with E-state index in [9.17, 15) is 4.79 Å². The Bertz CT molecular complexity index is 413. The molecule has 1 aliphatic heterocycles. The summed E-state index contributed by atoms with van der Waals surface area (Å²) in [6, 6.07) is 3.54. The highest BCUT2D eigenvalue weighted by Gasteiger charge is 2.23. The number of amides is 1. The number of nitrogens with zero attached hydrogens (tertiary/aromatic N) is 2. The summed E-state index contributed by atoms with van der Waals surface area (Å²) in [5.74, 6) is 1.56. The molecule has 0 aliphatic carbocycles. The second-order valence-electron chi connectivity index (χ2n) is 5.07. The van der Waals surface area contributed by atoms with Crippen molar-refractivity contribution in [2.45, 2.75) is 32.8 Å². The summed E-state index contributed by atoms with van der Waals surface area (Å²) in [6.45, 7) is 5.74. The SMILES string of the molecule is CC(C)CNc1ccc(NC(=O)C2CCCO2)nn1. The van der Waals surface area contributed by atoms with Crippen LogP contribution in [-0.2, 0) is 9.53 Å².